The van der Waals surface area contributed by atoms with Gasteiger partial charge >= 0.3 is 112 Å². The molecule has 0 radical (unpaired) electrons. The Bertz CT molecular complexity index is 1470. The first-order chi connectivity index (χ1) is 19.8. The van der Waals surface area contributed by atoms with Gasteiger partial charge in [-0.3, -0.25) is 0 Å². The van der Waals surface area contributed by atoms with E-state index >= 15 is 0 Å². The van der Waals surface area contributed by atoms with Crippen molar-refractivity contribution in [1.82, 2.24) is 0 Å². The van der Waals surface area contributed by atoms with Crippen molar-refractivity contribution < 1.29 is 24.2 Å². The van der Waals surface area contributed by atoms with Gasteiger partial charge in [-0.2, -0.15) is 42.0 Å². The third kappa shape index (κ3) is 8.29. The van der Waals surface area contributed by atoms with Gasteiger partial charge in [0.1, 0.15) is 0 Å². The molecule has 0 unspecified atom stereocenters. The Morgan fingerprint density at radius 3 is 1.64 bits per heavy atom. The molecule has 0 fully saturated rings. The van der Waals surface area contributed by atoms with Gasteiger partial charge in [-0.05, 0) is 28.4 Å². The second-order valence-corrected chi connectivity index (χ2v) is 14.6. The Morgan fingerprint density at radius 1 is 0.667 bits per heavy atom. The second kappa shape index (κ2) is 13.5. The molecule has 6 rings (SSSR count). The third-order valence-electron chi connectivity index (χ3n) is 7.70. The van der Waals surface area contributed by atoms with Gasteiger partial charge < -0.3 is 0 Å². The minimum atomic E-state index is 0.167. The molecule has 0 aromatic heterocycles. The molecule has 0 nitrogen and oxygen atoms in total. The summed E-state index contributed by atoms with van der Waals surface area (Å²) in [6, 6.07) is 42.7. The van der Waals surface area contributed by atoms with Crippen molar-refractivity contribution in [3.05, 3.63) is 160 Å². The maximum Gasteiger partial charge on any atom is -0.172 e. The van der Waals surface area contributed by atoms with Crippen LogP contribution < -0.4 is 0 Å². The van der Waals surface area contributed by atoms with Crippen LogP contribution in [0.15, 0.2) is 109 Å². The summed E-state index contributed by atoms with van der Waals surface area (Å²) in [5.74, 6) is 0. The molecule has 1 aliphatic carbocycles. The summed E-state index contributed by atoms with van der Waals surface area (Å²) in [6.07, 6.45) is 1.03. The largest absolute Gasteiger partial charge is 0.214 e. The van der Waals surface area contributed by atoms with Gasteiger partial charge in [0.2, 0.25) is 0 Å². The van der Waals surface area contributed by atoms with Crippen molar-refractivity contribution in [2.24, 2.45) is 0 Å². The summed E-state index contributed by atoms with van der Waals surface area (Å²) < 4.78 is 1.42. The predicted octanol–water partition coefficient (Wildman–Crippen LogP) is 10.5. The van der Waals surface area contributed by atoms with Crippen LogP contribution in [0.1, 0.15) is 86.1 Å². The SMILES string of the molecule is CC(C)(C)c1[c-]c2c(cc1)-c1ccc(C(C)(C)C)cc1C2.Cc1ccc([C](=[Zr+2])c2ccc(C)cc2)cc1.c1cc[cH-]c1. The van der Waals surface area contributed by atoms with Crippen molar-refractivity contribution in [3.63, 3.8) is 0 Å². The maximum absolute atomic E-state index is 3.67. The molecule has 5 aromatic rings. The van der Waals surface area contributed by atoms with E-state index in [1.165, 1.54) is 83.1 Å². The molecule has 0 bridgehead atoms. The van der Waals surface area contributed by atoms with E-state index in [2.05, 4.69) is 140 Å². The van der Waals surface area contributed by atoms with E-state index in [0.717, 1.165) is 6.42 Å². The van der Waals surface area contributed by atoms with Gasteiger partial charge in [0.15, 0.2) is 0 Å². The van der Waals surface area contributed by atoms with Gasteiger partial charge in [-0.1, -0.05) is 65.3 Å². The molecule has 5 aromatic carbocycles. The Labute approximate surface area is 269 Å². The first-order valence-corrected chi connectivity index (χ1v) is 16.1. The molecule has 0 saturated carbocycles. The van der Waals surface area contributed by atoms with Crippen molar-refractivity contribution in [1.29, 1.82) is 0 Å². The van der Waals surface area contributed by atoms with Gasteiger partial charge in [0.05, 0.1) is 0 Å². The fraction of sp³-hybridized carbons (Fsp3) is 0.268. The van der Waals surface area contributed by atoms with E-state index in [0.29, 0.717) is 0 Å². The quantitative estimate of drug-likeness (QED) is 0.168. The number of hydrogen-bond donors (Lipinski definition) is 0. The molecule has 212 valence electrons. The molecule has 0 N–H and O–H groups in total. The Hall–Kier alpha value is -3.02. The molecule has 1 aliphatic rings. The van der Waals surface area contributed by atoms with Gasteiger partial charge in [0, 0.05) is 0 Å². The summed E-state index contributed by atoms with van der Waals surface area (Å²) in [5, 5.41) is 0. The zero-order valence-electron chi connectivity index (χ0n) is 26.6. The van der Waals surface area contributed by atoms with Crippen LogP contribution in [-0.4, -0.2) is 3.21 Å². The van der Waals surface area contributed by atoms with Crippen molar-refractivity contribution in [2.75, 3.05) is 0 Å². The predicted molar refractivity (Wildman–Crippen MR) is 179 cm³/mol. The van der Waals surface area contributed by atoms with E-state index in [9.17, 15) is 0 Å². The zero-order chi connectivity index (χ0) is 30.5. The maximum atomic E-state index is 3.67. The summed E-state index contributed by atoms with van der Waals surface area (Å²) in [4.78, 5) is 0. The number of hydrogen-bond acceptors (Lipinski definition) is 0. The number of rotatable bonds is 2. The third-order valence-corrected chi connectivity index (χ3v) is 9.12. The fourth-order valence-electron chi connectivity index (χ4n) is 4.96. The summed E-state index contributed by atoms with van der Waals surface area (Å²) in [7, 11) is 0. The molecule has 1 heteroatoms. The van der Waals surface area contributed by atoms with Crippen LogP contribution in [0, 0.1) is 19.9 Å². The van der Waals surface area contributed by atoms with Crippen LogP contribution >= 0.6 is 0 Å². The molecule has 0 saturated heterocycles. The molecular formula is C41H44Zr. The summed E-state index contributed by atoms with van der Waals surface area (Å²) in [5.41, 5.74) is 14.0. The van der Waals surface area contributed by atoms with E-state index < -0.39 is 0 Å². The molecule has 42 heavy (non-hydrogen) atoms. The first kappa shape index (κ1) is 31.9. The minimum Gasteiger partial charge on any atom is -0.214 e. The Morgan fingerprint density at radius 2 is 1.19 bits per heavy atom. The van der Waals surface area contributed by atoms with Crippen LogP contribution in [0.5, 0.6) is 0 Å². The first-order valence-electron chi connectivity index (χ1n) is 14.9. The summed E-state index contributed by atoms with van der Waals surface area (Å²) in [6.45, 7) is 17.8. The minimum absolute atomic E-state index is 0.167. The van der Waals surface area contributed by atoms with Crippen LogP contribution in [-0.2, 0) is 41.5 Å². The number of fused-ring (bicyclic) bond motifs is 3. The number of aryl methyl sites for hydroxylation is 2. The summed E-state index contributed by atoms with van der Waals surface area (Å²) >= 11 is 1.46. The Balaban J connectivity index is 0.000000170. The standard InChI is InChI=1S/C21H25.C15H14.C5H5.Zr/c1-20(2,3)16-7-9-18-14(12-16)11-15-13-17(21(4,5)6)8-10-19(15)18;1-12-3-7-14(8-4-12)11-15-9-5-13(2)6-10-15;1-2-4-5-3-1;/h7-10,12H,11H2,1-6H3;3-10H,1-2H3;1-5H;/q-1;;-1;+2. The second-order valence-electron chi connectivity index (χ2n) is 13.4. The van der Waals surface area contributed by atoms with Crippen LogP contribution in [0.4, 0.5) is 0 Å². The molecule has 0 amide bonds. The van der Waals surface area contributed by atoms with E-state index in [1.54, 1.807) is 0 Å². The van der Waals surface area contributed by atoms with Gasteiger partial charge in [-0.15, -0.1) is 11.1 Å². The topological polar surface area (TPSA) is 0 Å². The van der Waals surface area contributed by atoms with Crippen LogP contribution in [0.2, 0.25) is 0 Å². The average Bonchev–Trinajstić information content (AvgIpc) is 3.64. The number of benzene rings is 4. The van der Waals surface area contributed by atoms with Gasteiger partial charge in [-0.25, -0.2) is 12.1 Å². The van der Waals surface area contributed by atoms with E-state index in [1.807, 2.05) is 30.3 Å². The zero-order valence-corrected chi connectivity index (χ0v) is 29.1. The monoisotopic (exact) mass is 626 g/mol. The molecule has 0 atom stereocenters. The van der Waals surface area contributed by atoms with Crippen molar-refractivity contribution in [3.8, 4) is 11.1 Å². The molecule has 0 heterocycles. The molecular weight excluding hydrogens is 584 g/mol. The van der Waals surface area contributed by atoms with Crippen molar-refractivity contribution in [2.45, 2.75) is 72.6 Å². The van der Waals surface area contributed by atoms with E-state index in [4.69, 9.17) is 0 Å². The average molecular weight is 628 g/mol. The smallest absolute Gasteiger partial charge is 0.172 e. The molecule has 0 aliphatic heterocycles. The van der Waals surface area contributed by atoms with Crippen molar-refractivity contribution >= 4 is 3.21 Å². The molecule has 0 spiro atoms. The normalized spacial score (nSPS) is 11.9. The fourth-order valence-corrected chi connectivity index (χ4v) is 5.77. The van der Waals surface area contributed by atoms with Crippen LogP contribution in [0.3, 0.4) is 0 Å². The Kier molecular flexibility index (Phi) is 10.3. The van der Waals surface area contributed by atoms with E-state index in [-0.39, 0.29) is 10.8 Å². The van der Waals surface area contributed by atoms with Gasteiger partial charge in [0.25, 0.3) is 0 Å². The van der Waals surface area contributed by atoms with Crippen LogP contribution in [0.25, 0.3) is 11.1 Å².